The van der Waals surface area contributed by atoms with Crippen molar-refractivity contribution in [3.63, 3.8) is 0 Å². The number of hydrogen-bond donors (Lipinski definition) is 2. The van der Waals surface area contributed by atoms with Gasteiger partial charge in [0.1, 0.15) is 6.04 Å². The van der Waals surface area contributed by atoms with Crippen molar-refractivity contribution in [1.82, 2.24) is 0 Å². The van der Waals surface area contributed by atoms with Crippen LogP contribution in [0.5, 0.6) is 0 Å². The van der Waals surface area contributed by atoms with Gasteiger partial charge in [-0.1, -0.05) is 12.1 Å². The standard InChI is InChI=1S/C14H20N2O2/c1-10(17)11-5-7-12(8-6-11)16-9-3-2-4-13(16)14(15)18/h5-8,10,13,17H,2-4,9H2,1H3,(H2,15,18). The Morgan fingerprint density at radius 2 is 2.06 bits per heavy atom. The van der Waals surface area contributed by atoms with Crippen molar-refractivity contribution in [1.29, 1.82) is 0 Å². The lowest BCUT2D eigenvalue weighted by Crippen LogP contribution is -2.47. The summed E-state index contributed by atoms with van der Waals surface area (Å²) in [7, 11) is 0. The molecular formula is C14H20N2O2. The number of piperidine rings is 1. The number of nitrogens with zero attached hydrogens (tertiary/aromatic N) is 1. The molecule has 98 valence electrons. The average Bonchev–Trinajstić information content (AvgIpc) is 2.39. The molecule has 0 radical (unpaired) electrons. The number of aliphatic hydroxyl groups is 1. The lowest BCUT2D eigenvalue weighted by atomic mass is 10.00. The van der Waals surface area contributed by atoms with Crippen molar-refractivity contribution in [2.75, 3.05) is 11.4 Å². The van der Waals surface area contributed by atoms with E-state index in [-0.39, 0.29) is 11.9 Å². The quantitative estimate of drug-likeness (QED) is 0.853. The Bertz CT molecular complexity index is 414. The molecule has 1 amide bonds. The summed E-state index contributed by atoms with van der Waals surface area (Å²) in [5.74, 6) is -0.255. The number of carbonyl (C=O) groups is 1. The van der Waals surface area contributed by atoms with E-state index in [2.05, 4.69) is 4.90 Å². The number of aliphatic hydroxyl groups excluding tert-OH is 1. The van der Waals surface area contributed by atoms with Gasteiger partial charge in [-0.25, -0.2) is 0 Å². The topological polar surface area (TPSA) is 66.6 Å². The number of carbonyl (C=O) groups excluding carboxylic acids is 1. The summed E-state index contributed by atoms with van der Waals surface area (Å²) >= 11 is 0. The predicted molar refractivity (Wildman–Crippen MR) is 71.3 cm³/mol. The minimum absolute atomic E-state index is 0.198. The maximum absolute atomic E-state index is 11.5. The van der Waals surface area contributed by atoms with Crippen LogP contribution >= 0.6 is 0 Å². The van der Waals surface area contributed by atoms with E-state index in [0.717, 1.165) is 37.1 Å². The Labute approximate surface area is 107 Å². The number of nitrogens with two attached hydrogens (primary N) is 1. The SMILES string of the molecule is CC(O)c1ccc(N2CCCCC2C(N)=O)cc1. The monoisotopic (exact) mass is 248 g/mol. The predicted octanol–water partition coefficient (Wildman–Crippen LogP) is 1.58. The largest absolute Gasteiger partial charge is 0.389 e. The van der Waals surface area contributed by atoms with Gasteiger partial charge in [0.2, 0.25) is 5.91 Å². The Morgan fingerprint density at radius 3 is 2.61 bits per heavy atom. The first-order valence-corrected chi connectivity index (χ1v) is 6.43. The van der Waals surface area contributed by atoms with E-state index in [1.54, 1.807) is 6.92 Å². The molecular weight excluding hydrogens is 228 g/mol. The van der Waals surface area contributed by atoms with Crippen LogP contribution in [0.4, 0.5) is 5.69 Å². The number of hydrogen-bond acceptors (Lipinski definition) is 3. The highest BCUT2D eigenvalue weighted by atomic mass is 16.3. The summed E-state index contributed by atoms with van der Waals surface area (Å²) in [5, 5.41) is 9.48. The fourth-order valence-corrected chi connectivity index (χ4v) is 2.48. The fourth-order valence-electron chi connectivity index (χ4n) is 2.48. The van der Waals surface area contributed by atoms with Gasteiger partial charge in [0.15, 0.2) is 0 Å². The average molecular weight is 248 g/mol. The van der Waals surface area contributed by atoms with Gasteiger partial charge in [0.05, 0.1) is 6.10 Å². The second-order valence-electron chi connectivity index (χ2n) is 4.87. The number of anilines is 1. The molecule has 1 fully saturated rings. The minimum Gasteiger partial charge on any atom is -0.389 e. The molecule has 18 heavy (non-hydrogen) atoms. The van der Waals surface area contributed by atoms with E-state index in [0.29, 0.717) is 0 Å². The molecule has 1 aromatic carbocycles. The summed E-state index contributed by atoms with van der Waals surface area (Å²) < 4.78 is 0. The minimum atomic E-state index is -0.465. The second kappa shape index (κ2) is 5.40. The molecule has 0 spiro atoms. The molecule has 1 heterocycles. The molecule has 0 aliphatic carbocycles. The van der Waals surface area contributed by atoms with Gasteiger partial charge >= 0.3 is 0 Å². The molecule has 4 nitrogen and oxygen atoms in total. The molecule has 2 unspecified atom stereocenters. The van der Waals surface area contributed by atoms with Crippen molar-refractivity contribution in [2.24, 2.45) is 5.73 Å². The first kappa shape index (κ1) is 12.9. The number of benzene rings is 1. The van der Waals surface area contributed by atoms with E-state index in [1.807, 2.05) is 24.3 Å². The molecule has 2 rings (SSSR count). The van der Waals surface area contributed by atoms with Gasteiger partial charge in [-0.05, 0) is 43.9 Å². The van der Waals surface area contributed by atoms with Crippen molar-refractivity contribution < 1.29 is 9.90 Å². The summed E-state index contributed by atoms with van der Waals surface area (Å²) in [6.07, 6.45) is 2.50. The normalized spacial score (nSPS) is 21.7. The Morgan fingerprint density at radius 1 is 1.39 bits per heavy atom. The zero-order valence-electron chi connectivity index (χ0n) is 10.7. The summed E-state index contributed by atoms with van der Waals surface area (Å²) in [6.45, 7) is 2.60. The molecule has 0 saturated carbocycles. The number of amides is 1. The summed E-state index contributed by atoms with van der Waals surface area (Å²) in [6, 6.07) is 7.49. The van der Waals surface area contributed by atoms with Crippen LogP contribution in [-0.2, 0) is 4.79 Å². The summed E-state index contributed by atoms with van der Waals surface area (Å²) in [5.41, 5.74) is 7.34. The Balaban J connectivity index is 2.20. The molecule has 3 N–H and O–H groups in total. The van der Waals surface area contributed by atoms with E-state index in [1.165, 1.54) is 0 Å². The van der Waals surface area contributed by atoms with Crippen molar-refractivity contribution in [2.45, 2.75) is 38.3 Å². The van der Waals surface area contributed by atoms with E-state index in [4.69, 9.17) is 5.73 Å². The second-order valence-corrected chi connectivity index (χ2v) is 4.87. The highest BCUT2D eigenvalue weighted by molar-refractivity contribution is 5.83. The van der Waals surface area contributed by atoms with Gasteiger partial charge in [0.25, 0.3) is 0 Å². The molecule has 4 heteroatoms. The molecule has 1 aromatic rings. The van der Waals surface area contributed by atoms with Gasteiger partial charge in [-0.15, -0.1) is 0 Å². The van der Waals surface area contributed by atoms with Gasteiger partial charge in [-0.2, -0.15) is 0 Å². The maximum atomic E-state index is 11.5. The molecule has 2 atom stereocenters. The molecule has 0 aromatic heterocycles. The molecule has 0 bridgehead atoms. The third kappa shape index (κ3) is 2.64. The Kier molecular flexibility index (Phi) is 3.87. The summed E-state index contributed by atoms with van der Waals surface area (Å²) in [4.78, 5) is 13.5. The zero-order valence-corrected chi connectivity index (χ0v) is 10.7. The van der Waals surface area contributed by atoms with Crippen LogP contribution in [0.3, 0.4) is 0 Å². The number of primary amides is 1. The Hall–Kier alpha value is -1.55. The smallest absolute Gasteiger partial charge is 0.240 e. The third-order valence-corrected chi connectivity index (χ3v) is 3.54. The molecule has 1 saturated heterocycles. The first-order chi connectivity index (χ1) is 8.59. The first-order valence-electron chi connectivity index (χ1n) is 6.43. The highest BCUT2D eigenvalue weighted by Gasteiger charge is 2.26. The highest BCUT2D eigenvalue weighted by Crippen LogP contribution is 2.26. The van der Waals surface area contributed by atoms with Crippen LogP contribution < -0.4 is 10.6 Å². The van der Waals surface area contributed by atoms with E-state index in [9.17, 15) is 9.90 Å². The fraction of sp³-hybridized carbons (Fsp3) is 0.500. The van der Waals surface area contributed by atoms with Crippen molar-refractivity contribution >= 4 is 11.6 Å². The van der Waals surface area contributed by atoms with Crippen LogP contribution in [-0.4, -0.2) is 23.6 Å². The van der Waals surface area contributed by atoms with E-state index >= 15 is 0 Å². The van der Waals surface area contributed by atoms with Crippen LogP contribution in [0, 0.1) is 0 Å². The lowest BCUT2D eigenvalue weighted by molar-refractivity contribution is -0.119. The van der Waals surface area contributed by atoms with Crippen LogP contribution in [0.25, 0.3) is 0 Å². The van der Waals surface area contributed by atoms with Gasteiger partial charge in [-0.3, -0.25) is 4.79 Å². The van der Waals surface area contributed by atoms with Gasteiger partial charge in [0, 0.05) is 12.2 Å². The zero-order chi connectivity index (χ0) is 13.1. The third-order valence-electron chi connectivity index (χ3n) is 3.54. The van der Waals surface area contributed by atoms with Crippen molar-refractivity contribution in [3.8, 4) is 0 Å². The van der Waals surface area contributed by atoms with Crippen molar-refractivity contribution in [3.05, 3.63) is 29.8 Å². The van der Waals surface area contributed by atoms with Crippen LogP contribution in [0.2, 0.25) is 0 Å². The van der Waals surface area contributed by atoms with Crippen LogP contribution in [0.1, 0.15) is 37.9 Å². The van der Waals surface area contributed by atoms with Gasteiger partial charge < -0.3 is 15.7 Å². The maximum Gasteiger partial charge on any atom is 0.240 e. The van der Waals surface area contributed by atoms with Crippen LogP contribution in [0.15, 0.2) is 24.3 Å². The van der Waals surface area contributed by atoms with E-state index < -0.39 is 6.10 Å². The molecule has 1 aliphatic rings. The lowest BCUT2D eigenvalue weighted by Gasteiger charge is -2.35. The number of rotatable bonds is 3. The molecule has 1 aliphatic heterocycles.